The van der Waals surface area contributed by atoms with E-state index in [1.54, 1.807) is 0 Å². The lowest BCUT2D eigenvalue weighted by molar-refractivity contribution is 0.194. The van der Waals surface area contributed by atoms with Crippen molar-refractivity contribution in [3.05, 3.63) is 53.7 Å². The fourth-order valence-electron chi connectivity index (χ4n) is 3.48. The molecule has 2 fully saturated rings. The molecule has 2 heterocycles. The Morgan fingerprint density at radius 1 is 1.00 bits per heavy atom. The van der Waals surface area contributed by atoms with Gasteiger partial charge in [0.05, 0.1) is 5.69 Å². The number of aryl methyl sites for hydroxylation is 1. The number of hydrogen-bond acceptors (Lipinski definition) is 4. The van der Waals surface area contributed by atoms with Crippen LogP contribution < -0.4 is 10.2 Å². The second kappa shape index (κ2) is 8.37. The summed E-state index contributed by atoms with van der Waals surface area (Å²) in [5, 5.41) is 11.8. The van der Waals surface area contributed by atoms with Gasteiger partial charge in [0.15, 0.2) is 5.82 Å². The zero-order chi connectivity index (χ0) is 18.5. The van der Waals surface area contributed by atoms with Gasteiger partial charge in [-0.15, -0.1) is 5.10 Å². The van der Waals surface area contributed by atoms with Crippen molar-refractivity contribution in [2.75, 3.05) is 37.6 Å². The summed E-state index contributed by atoms with van der Waals surface area (Å²) >= 11 is 0. The van der Waals surface area contributed by atoms with Gasteiger partial charge in [-0.2, -0.15) is 5.10 Å². The third-order valence-electron chi connectivity index (χ3n) is 5.32. The first-order chi connectivity index (χ1) is 13.3. The molecule has 2 amide bonds. The van der Waals surface area contributed by atoms with Crippen LogP contribution in [0.5, 0.6) is 0 Å². The van der Waals surface area contributed by atoms with E-state index in [4.69, 9.17) is 0 Å². The molecular formula is C21H27N5O. The molecule has 2 aliphatic rings. The van der Waals surface area contributed by atoms with Crippen LogP contribution in [0.25, 0.3) is 0 Å². The Balaban J connectivity index is 1.17. The van der Waals surface area contributed by atoms with Crippen LogP contribution in [-0.4, -0.2) is 53.9 Å². The molecule has 2 aromatic rings. The molecule has 0 atom stereocenters. The fourth-order valence-corrected chi connectivity index (χ4v) is 3.48. The van der Waals surface area contributed by atoms with E-state index < -0.39 is 0 Å². The molecule has 4 rings (SSSR count). The lowest BCUT2D eigenvalue weighted by Gasteiger charge is -2.35. The average Bonchev–Trinajstić information content (AvgIpc) is 3.58. The molecular weight excluding hydrogens is 338 g/mol. The summed E-state index contributed by atoms with van der Waals surface area (Å²) in [6.07, 6.45) is 4.43. The number of urea groups is 1. The summed E-state index contributed by atoms with van der Waals surface area (Å²) in [4.78, 5) is 16.5. The number of anilines is 1. The van der Waals surface area contributed by atoms with Crippen LogP contribution in [0.1, 0.15) is 36.4 Å². The van der Waals surface area contributed by atoms with E-state index in [1.165, 1.54) is 18.4 Å². The van der Waals surface area contributed by atoms with Crippen molar-refractivity contribution in [3.63, 3.8) is 0 Å². The van der Waals surface area contributed by atoms with Crippen LogP contribution in [-0.2, 0) is 6.42 Å². The van der Waals surface area contributed by atoms with Crippen LogP contribution >= 0.6 is 0 Å². The number of rotatable bonds is 6. The van der Waals surface area contributed by atoms with Gasteiger partial charge in [-0.1, -0.05) is 30.3 Å². The first-order valence-corrected chi connectivity index (χ1v) is 9.95. The maximum atomic E-state index is 12.3. The van der Waals surface area contributed by atoms with Gasteiger partial charge < -0.3 is 15.1 Å². The van der Waals surface area contributed by atoms with Gasteiger partial charge in [0, 0.05) is 38.6 Å². The molecule has 0 spiro atoms. The molecule has 1 saturated carbocycles. The largest absolute Gasteiger partial charge is 0.352 e. The van der Waals surface area contributed by atoms with Crippen molar-refractivity contribution in [2.45, 2.75) is 31.6 Å². The molecule has 1 aliphatic heterocycles. The monoisotopic (exact) mass is 365 g/mol. The number of aromatic nitrogens is 2. The van der Waals surface area contributed by atoms with E-state index in [1.807, 2.05) is 11.0 Å². The van der Waals surface area contributed by atoms with E-state index in [2.05, 4.69) is 56.8 Å². The van der Waals surface area contributed by atoms with Crippen molar-refractivity contribution in [1.82, 2.24) is 20.4 Å². The standard InChI is InChI=1S/C21H27N5O/c27-21(22-12-4-7-17-5-2-1-3-6-17)26-15-13-25(14-16-26)20-11-10-19(23-24-20)18-8-9-18/h1-3,5-6,10-11,18H,4,7-9,12-16H2,(H,22,27). The summed E-state index contributed by atoms with van der Waals surface area (Å²) in [6, 6.07) is 14.6. The topological polar surface area (TPSA) is 61.4 Å². The Bertz CT molecular complexity index is 737. The van der Waals surface area contributed by atoms with Crippen LogP contribution in [0.3, 0.4) is 0 Å². The third kappa shape index (κ3) is 4.76. The van der Waals surface area contributed by atoms with Crippen LogP contribution in [0.4, 0.5) is 10.6 Å². The van der Waals surface area contributed by atoms with Gasteiger partial charge in [0.1, 0.15) is 0 Å². The highest BCUT2D eigenvalue weighted by molar-refractivity contribution is 5.74. The van der Waals surface area contributed by atoms with E-state index in [9.17, 15) is 4.79 Å². The smallest absolute Gasteiger partial charge is 0.317 e. The number of nitrogens with zero attached hydrogens (tertiary/aromatic N) is 4. The average molecular weight is 365 g/mol. The van der Waals surface area contributed by atoms with Crippen molar-refractivity contribution in [1.29, 1.82) is 0 Å². The minimum atomic E-state index is 0.0397. The normalized spacial score (nSPS) is 17.0. The molecule has 1 aromatic heterocycles. The highest BCUT2D eigenvalue weighted by Gasteiger charge is 2.26. The zero-order valence-corrected chi connectivity index (χ0v) is 15.7. The number of hydrogen-bond donors (Lipinski definition) is 1. The minimum absolute atomic E-state index is 0.0397. The highest BCUT2D eigenvalue weighted by atomic mass is 16.2. The van der Waals surface area contributed by atoms with Crippen LogP contribution in [0, 0.1) is 0 Å². The second-order valence-electron chi connectivity index (χ2n) is 7.39. The predicted molar refractivity (Wildman–Crippen MR) is 106 cm³/mol. The van der Waals surface area contributed by atoms with E-state index >= 15 is 0 Å². The molecule has 0 bridgehead atoms. The van der Waals surface area contributed by atoms with Crippen molar-refractivity contribution in [3.8, 4) is 0 Å². The lowest BCUT2D eigenvalue weighted by Crippen LogP contribution is -2.52. The molecule has 1 aliphatic carbocycles. The first kappa shape index (κ1) is 17.8. The first-order valence-electron chi connectivity index (χ1n) is 9.95. The molecule has 142 valence electrons. The summed E-state index contributed by atoms with van der Waals surface area (Å²) in [5.74, 6) is 1.55. The van der Waals surface area contributed by atoms with Crippen molar-refractivity contribution in [2.24, 2.45) is 0 Å². The van der Waals surface area contributed by atoms with Gasteiger partial charge in [-0.05, 0) is 43.4 Å². The number of carbonyl (C=O) groups excluding carboxylic acids is 1. The van der Waals surface area contributed by atoms with Crippen LogP contribution in [0.15, 0.2) is 42.5 Å². The molecule has 1 aromatic carbocycles. The van der Waals surface area contributed by atoms with Gasteiger partial charge in [-0.3, -0.25) is 0 Å². The molecule has 1 N–H and O–H groups in total. The van der Waals surface area contributed by atoms with Crippen molar-refractivity contribution >= 4 is 11.8 Å². The number of amides is 2. The Labute approximate surface area is 160 Å². The molecule has 0 radical (unpaired) electrons. The maximum absolute atomic E-state index is 12.3. The molecule has 27 heavy (non-hydrogen) atoms. The third-order valence-corrected chi connectivity index (χ3v) is 5.32. The predicted octanol–water partition coefficient (Wildman–Crippen LogP) is 2.82. The van der Waals surface area contributed by atoms with Gasteiger partial charge in [-0.25, -0.2) is 4.79 Å². The quantitative estimate of drug-likeness (QED) is 0.800. The Morgan fingerprint density at radius 3 is 2.44 bits per heavy atom. The van der Waals surface area contributed by atoms with E-state index in [0.717, 1.165) is 50.5 Å². The SMILES string of the molecule is O=C(NCCCc1ccccc1)N1CCN(c2ccc(C3CC3)nn2)CC1. The summed E-state index contributed by atoms with van der Waals surface area (Å²) < 4.78 is 0. The highest BCUT2D eigenvalue weighted by Crippen LogP contribution is 2.38. The number of nitrogens with one attached hydrogen (secondary N) is 1. The molecule has 6 heteroatoms. The fraction of sp³-hybridized carbons (Fsp3) is 0.476. The van der Waals surface area contributed by atoms with E-state index in [-0.39, 0.29) is 6.03 Å². The lowest BCUT2D eigenvalue weighted by atomic mass is 10.1. The number of piperazine rings is 1. The Morgan fingerprint density at radius 2 is 1.78 bits per heavy atom. The summed E-state index contributed by atoms with van der Waals surface area (Å²) in [6.45, 7) is 3.75. The number of benzene rings is 1. The summed E-state index contributed by atoms with van der Waals surface area (Å²) in [5.41, 5.74) is 2.43. The molecule has 6 nitrogen and oxygen atoms in total. The minimum Gasteiger partial charge on any atom is -0.352 e. The van der Waals surface area contributed by atoms with Gasteiger partial charge in [0.25, 0.3) is 0 Å². The second-order valence-corrected chi connectivity index (χ2v) is 7.39. The Kier molecular flexibility index (Phi) is 5.51. The van der Waals surface area contributed by atoms with E-state index in [0.29, 0.717) is 12.5 Å². The Hall–Kier alpha value is -2.63. The van der Waals surface area contributed by atoms with Crippen LogP contribution in [0.2, 0.25) is 0 Å². The summed E-state index contributed by atoms with van der Waals surface area (Å²) in [7, 11) is 0. The molecule has 0 unspecified atom stereocenters. The van der Waals surface area contributed by atoms with Crippen molar-refractivity contribution < 1.29 is 4.79 Å². The molecule has 1 saturated heterocycles. The number of carbonyl (C=O) groups is 1. The maximum Gasteiger partial charge on any atom is 0.317 e. The zero-order valence-electron chi connectivity index (χ0n) is 15.7. The van der Waals surface area contributed by atoms with Gasteiger partial charge >= 0.3 is 6.03 Å². The van der Waals surface area contributed by atoms with Gasteiger partial charge in [0.2, 0.25) is 0 Å².